The molecule has 1 unspecified atom stereocenters. The van der Waals surface area contributed by atoms with E-state index in [0.29, 0.717) is 31.2 Å². The smallest absolute Gasteiger partial charge is 0.407 e. The van der Waals surface area contributed by atoms with Gasteiger partial charge in [-0.3, -0.25) is 4.79 Å². The number of amides is 2. The lowest BCUT2D eigenvalue weighted by molar-refractivity contribution is -0.131. The fourth-order valence-corrected chi connectivity index (χ4v) is 2.94. The molecule has 1 atom stereocenters. The second-order valence-corrected chi connectivity index (χ2v) is 5.91. The lowest BCUT2D eigenvalue weighted by atomic mass is 10.0. The molecular weight excluding hydrogens is 324 g/mol. The van der Waals surface area contributed by atoms with E-state index in [2.05, 4.69) is 5.32 Å². The minimum Gasteiger partial charge on any atom is -0.493 e. The van der Waals surface area contributed by atoms with Crippen LogP contribution in [0.15, 0.2) is 18.2 Å². The van der Waals surface area contributed by atoms with E-state index in [1.54, 1.807) is 32.1 Å². The van der Waals surface area contributed by atoms with Crippen LogP contribution in [0.1, 0.15) is 25.3 Å². The van der Waals surface area contributed by atoms with E-state index in [-0.39, 0.29) is 18.4 Å². The third kappa shape index (κ3) is 5.27. The van der Waals surface area contributed by atoms with Crippen LogP contribution in [-0.2, 0) is 16.0 Å². The lowest BCUT2D eigenvalue weighted by Crippen LogP contribution is -2.50. The highest BCUT2D eigenvalue weighted by molar-refractivity contribution is 5.79. The minimum atomic E-state index is -0.429. The van der Waals surface area contributed by atoms with Crippen LogP contribution in [0.4, 0.5) is 4.79 Å². The summed E-state index contributed by atoms with van der Waals surface area (Å²) in [5, 5.41) is 2.81. The van der Waals surface area contributed by atoms with Crippen LogP contribution in [0.2, 0.25) is 0 Å². The Morgan fingerprint density at radius 2 is 2.00 bits per heavy atom. The van der Waals surface area contributed by atoms with Gasteiger partial charge in [-0.2, -0.15) is 0 Å². The molecule has 7 nitrogen and oxygen atoms in total. The number of ether oxygens (including phenoxy) is 3. The number of nitrogens with zero attached hydrogens (tertiary/aromatic N) is 1. The normalized spacial score (nSPS) is 16.9. The zero-order valence-corrected chi connectivity index (χ0v) is 15.0. The molecule has 0 spiro atoms. The molecule has 1 saturated heterocycles. The maximum atomic E-state index is 12.6. The van der Waals surface area contributed by atoms with Crippen molar-refractivity contribution in [3.63, 3.8) is 0 Å². The number of hydrogen-bond donors (Lipinski definition) is 1. The number of rotatable bonds is 6. The Morgan fingerprint density at radius 1 is 1.24 bits per heavy atom. The van der Waals surface area contributed by atoms with E-state index in [1.807, 2.05) is 12.1 Å². The molecule has 1 N–H and O–H groups in total. The summed E-state index contributed by atoms with van der Waals surface area (Å²) in [4.78, 5) is 25.9. The van der Waals surface area contributed by atoms with Crippen molar-refractivity contribution in [1.29, 1.82) is 0 Å². The first-order valence-corrected chi connectivity index (χ1v) is 8.49. The van der Waals surface area contributed by atoms with Gasteiger partial charge in [0, 0.05) is 19.1 Å². The molecule has 1 heterocycles. The number of alkyl carbamates (subject to hydrolysis) is 1. The standard InChI is InChI=1S/C18H26N2O5/c1-4-25-18(22)19-14-6-5-9-20(12-14)17(21)11-13-7-8-15(23-2)16(10-13)24-3/h7-8,10,14H,4-6,9,11-12H2,1-3H3,(H,19,22). The summed E-state index contributed by atoms with van der Waals surface area (Å²) in [7, 11) is 3.15. The number of carbonyl (C=O) groups is 2. The SMILES string of the molecule is CCOC(=O)NC1CCCN(C(=O)Cc2ccc(OC)c(OC)c2)C1. The molecule has 1 aromatic carbocycles. The van der Waals surface area contributed by atoms with Crippen molar-refractivity contribution in [2.45, 2.75) is 32.2 Å². The largest absolute Gasteiger partial charge is 0.493 e. The topological polar surface area (TPSA) is 77.1 Å². The number of benzene rings is 1. The first kappa shape index (κ1) is 18.9. The van der Waals surface area contributed by atoms with Crippen molar-refractivity contribution in [3.8, 4) is 11.5 Å². The summed E-state index contributed by atoms with van der Waals surface area (Å²) in [6.45, 7) is 3.30. The van der Waals surface area contributed by atoms with Crippen molar-refractivity contribution in [3.05, 3.63) is 23.8 Å². The Labute approximate surface area is 148 Å². The van der Waals surface area contributed by atoms with Crippen LogP contribution in [0.25, 0.3) is 0 Å². The van der Waals surface area contributed by atoms with Crippen molar-refractivity contribution in [2.75, 3.05) is 33.9 Å². The van der Waals surface area contributed by atoms with Crippen LogP contribution in [0.5, 0.6) is 11.5 Å². The summed E-state index contributed by atoms with van der Waals surface area (Å²) >= 11 is 0. The molecule has 25 heavy (non-hydrogen) atoms. The third-order valence-corrected chi connectivity index (χ3v) is 4.17. The minimum absolute atomic E-state index is 0.0302. The molecule has 0 aliphatic carbocycles. The molecule has 0 saturated carbocycles. The first-order valence-electron chi connectivity index (χ1n) is 8.49. The average Bonchev–Trinajstić information content (AvgIpc) is 2.62. The maximum absolute atomic E-state index is 12.6. The molecule has 0 radical (unpaired) electrons. The van der Waals surface area contributed by atoms with Crippen LogP contribution in [-0.4, -0.2) is 56.9 Å². The third-order valence-electron chi connectivity index (χ3n) is 4.17. The van der Waals surface area contributed by atoms with Gasteiger partial charge in [-0.25, -0.2) is 4.79 Å². The molecule has 1 aliphatic heterocycles. The maximum Gasteiger partial charge on any atom is 0.407 e. The second-order valence-electron chi connectivity index (χ2n) is 5.91. The van der Waals surface area contributed by atoms with Gasteiger partial charge in [-0.15, -0.1) is 0 Å². The molecular formula is C18H26N2O5. The monoisotopic (exact) mass is 350 g/mol. The highest BCUT2D eigenvalue weighted by atomic mass is 16.5. The van der Waals surface area contributed by atoms with Crippen LogP contribution < -0.4 is 14.8 Å². The Morgan fingerprint density at radius 3 is 2.68 bits per heavy atom. The van der Waals surface area contributed by atoms with Gasteiger partial charge < -0.3 is 24.4 Å². The number of piperidine rings is 1. The van der Waals surface area contributed by atoms with E-state index in [0.717, 1.165) is 18.4 Å². The van der Waals surface area contributed by atoms with E-state index >= 15 is 0 Å². The Bertz CT molecular complexity index is 605. The van der Waals surface area contributed by atoms with Crippen molar-refractivity contribution in [2.24, 2.45) is 0 Å². The molecule has 138 valence electrons. The van der Waals surface area contributed by atoms with Crippen LogP contribution >= 0.6 is 0 Å². The van der Waals surface area contributed by atoms with Crippen LogP contribution in [0.3, 0.4) is 0 Å². The predicted octanol–water partition coefficient (Wildman–Crippen LogP) is 1.98. The number of methoxy groups -OCH3 is 2. The van der Waals surface area contributed by atoms with Crippen molar-refractivity contribution in [1.82, 2.24) is 10.2 Å². The molecule has 2 rings (SSSR count). The van der Waals surface area contributed by atoms with Gasteiger partial charge in [0.1, 0.15) is 0 Å². The van der Waals surface area contributed by atoms with Gasteiger partial charge >= 0.3 is 6.09 Å². The molecule has 1 aliphatic rings. The summed E-state index contributed by atoms with van der Waals surface area (Å²) < 4.78 is 15.4. The summed E-state index contributed by atoms with van der Waals surface area (Å²) in [5.41, 5.74) is 0.864. The Balaban J connectivity index is 1.94. The molecule has 1 aromatic rings. The zero-order valence-electron chi connectivity index (χ0n) is 15.0. The molecule has 2 amide bonds. The van der Waals surface area contributed by atoms with Crippen molar-refractivity contribution >= 4 is 12.0 Å². The molecule has 7 heteroatoms. The van der Waals surface area contributed by atoms with Crippen molar-refractivity contribution < 1.29 is 23.8 Å². The van der Waals surface area contributed by atoms with Crippen LogP contribution in [0, 0.1) is 0 Å². The summed E-state index contributed by atoms with van der Waals surface area (Å²) in [5.74, 6) is 1.27. The number of nitrogens with one attached hydrogen (secondary N) is 1. The number of hydrogen-bond acceptors (Lipinski definition) is 5. The average molecular weight is 350 g/mol. The zero-order chi connectivity index (χ0) is 18.2. The van der Waals surface area contributed by atoms with E-state index in [1.165, 1.54) is 0 Å². The van der Waals surface area contributed by atoms with Gasteiger partial charge in [0.05, 0.1) is 27.2 Å². The summed E-state index contributed by atoms with van der Waals surface area (Å²) in [6, 6.07) is 5.40. The highest BCUT2D eigenvalue weighted by Gasteiger charge is 2.25. The van der Waals surface area contributed by atoms with Gasteiger partial charge in [0.15, 0.2) is 11.5 Å². The van der Waals surface area contributed by atoms with Gasteiger partial charge in [0.25, 0.3) is 0 Å². The van der Waals surface area contributed by atoms with Gasteiger partial charge in [-0.1, -0.05) is 6.07 Å². The number of likely N-dealkylation sites (tertiary alicyclic amines) is 1. The molecule has 1 fully saturated rings. The Hall–Kier alpha value is -2.44. The lowest BCUT2D eigenvalue weighted by Gasteiger charge is -2.33. The molecule has 0 aromatic heterocycles. The number of carbonyl (C=O) groups excluding carboxylic acids is 2. The quantitative estimate of drug-likeness (QED) is 0.849. The second kappa shape index (κ2) is 9.15. The summed E-state index contributed by atoms with van der Waals surface area (Å²) in [6.07, 6.45) is 1.56. The van der Waals surface area contributed by atoms with Gasteiger partial charge in [0.2, 0.25) is 5.91 Å². The van der Waals surface area contributed by atoms with E-state index in [4.69, 9.17) is 14.2 Å². The predicted molar refractivity (Wildman–Crippen MR) is 93.0 cm³/mol. The fraction of sp³-hybridized carbons (Fsp3) is 0.556. The highest BCUT2D eigenvalue weighted by Crippen LogP contribution is 2.28. The fourth-order valence-electron chi connectivity index (χ4n) is 2.94. The molecule has 0 bridgehead atoms. The van der Waals surface area contributed by atoms with E-state index < -0.39 is 6.09 Å². The van der Waals surface area contributed by atoms with E-state index in [9.17, 15) is 9.59 Å². The first-order chi connectivity index (χ1) is 12.1. The Kier molecular flexibility index (Phi) is 6.91. The van der Waals surface area contributed by atoms with Gasteiger partial charge in [-0.05, 0) is 37.5 Å².